The van der Waals surface area contributed by atoms with E-state index in [0.717, 1.165) is 0 Å². The number of rotatable bonds is 8. The summed E-state index contributed by atoms with van der Waals surface area (Å²) in [7, 11) is -3.32. The van der Waals surface area contributed by atoms with E-state index in [1.54, 1.807) is 0 Å². The van der Waals surface area contributed by atoms with Crippen LogP contribution in [0.5, 0.6) is 0 Å². The molecule has 102 valence electrons. The first-order valence-electron chi connectivity index (χ1n) is 5.63. The highest BCUT2D eigenvalue weighted by molar-refractivity contribution is 7.54. The van der Waals surface area contributed by atoms with Crippen LogP contribution in [0.4, 0.5) is 0 Å². The number of nitrogens with two attached hydrogens (primary N) is 1. The Morgan fingerprint density at radius 2 is 1.65 bits per heavy atom. The first-order chi connectivity index (χ1) is 7.79. The quantitative estimate of drug-likeness (QED) is 0.231. The Kier molecular flexibility index (Phi) is 7.43. The molecule has 0 saturated carbocycles. The highest BCUT2D eigenvalue weighted by Crippen LogP contribution is 2.48. The van der Waals surface area contributed by atoms with E-state index in [9.17, 15) is 4.57 Å². The largest absolute Gasteiger partial charge is 0.409 e. The fourth-order valence-corrected chi connectivity index (χ4v) is 2.65. The lowest BCUT2D eigenvalue weighted by Gasteiger charge is -2.20. The van der Waals surface area contributed by atoms with Crippen molar-refractivity contribution in [3.63, 3.8) is 0 Å². The van der Waals surface area contributed by atoms with Crippen LogP contribution in [0.25, 0.3) is 0 Å². The predicted octanol–water partition coefficient (Wildman–Crippen LogP) is 2.27. The van der Waals surface area contributed by atoms with Gasteiger partial charge in [0, 0.05) is 0 Å². The van der Waals surface area contributed by atoms with Crippen molar-refractivity contribution in [2.24, 2.45) is 22.7 Å². The van der Waals surface area contributed by atoms with E-state index in [1.807, 2.05) is 27.7 Å². The van der Waals surface area contributed by atoms with Gasteiger partial charge in [0.1, 0.15) is 6.16 Å². The molecule has 0 bridgehead atoms. The number of hydrogen-bond donors (Lipinski definition) is 2. The van der Waals surface area contributed by atoms with E-state index in [4.69, 9.17) is 20.0 Å². The molecule has 0 aliphatic carbocycles. The highest BCUT2D eigenvalue weighted by atomic mass is 31.2. The Bertz CT molecular complexity index is 276. The lowest BCUT2D eigenvalue weighted by Crippen LogP contribution is -2.20. The summed E-state index contributed by atoms with van der Waals surface area (Å²) >= 11 is 0. The maximum Gasteiger partial charge on any atom is 0.338 e. The molecule has 0 aliphatic rings. The Morgan fingerprint density at radius 1 is 1.24 bits per heavy atom. The highest BCUT2D eigenvalue weighted by Gasteiger charge is 2.27. The fraction of sp³-hybridized carbons (Fsp3) is 0.900. The number of hydrogen-bond acceptors (Lipinski definition) is 5. The van der Waals surface area contributed by atoms with Gasteiger partial charge in [-0.1, -0.05) is 32.9 Å². The number of nitrogens with zero attached hydrogens (tertiary/aromatic N) is 1. The van der Waals surface area contributed by atoms with Crippen LogP contribution >= 0.6 is 7.60 Å². The molecule has 17 heavy (non-hydrogen) atoms. The topological polar surface area (TPSA) is 94.1 Å². The molecule has 0 fully saturated rings. The molecule has 3 N–H and O–H groups in total. The van der Waals surface area contributed by atoms with Gasteiger partial charge in [-0.15, -0.1) is 0 Å². The Labute approximate surface area is 103 Å². The number of oxime groups is 1. The Hall–Kier alpha value is -0.580. The van der Waals surface area contributed by atoms with Crippen molar-refractivity contribution in [2.75, 3.05) is 19.4 Å². The summed E-state index contributed by atoms with van der Waals surface area (Å²) in [5.74, 6) is 0.317. The molecule has 0 aromatic heterocycles. The van der Waals surface area contributed by atoms with Gasteiger partial charge in [0.25, 0.3) is 0 Å². The molecule has 0 atom stereocenters. The minimum atomic E-state index is -3.32. The van der Waals surface area contributed by atoms with E-state index >= 15 is 0 Å². The second-order valence-electron chi connectivity index (χ2n) is 4.74. The van der Waals surface area contributed by atoms with Gasteiger partial charge in [0.2, 0.25) is 0 Å². The van der Waals surface area contributed by atoms with Crippen molar-refractivity contribution < 1.29 is 18.8 Å². The van der Waals surface area contributed by atoms with Crippen LogP contribution in [0.2, 0.25) is 0 Å². The molecule has 0 amide bonds. The second-order valence-corrected chi connectivity index (χ2v) is 6.79. The average Bonchev–Trinajstić information content (AvgIpc) is 2.24. The molecular formula is C10H23N2O4P. The Morgan fingerprint density at radius 3 is 1.94 bits per heavy atom. The molecule has 0 radical (unpaired) electrons. The molecule has 6 nitrogen and oxygen atoms in total. The van der Waals surface area contributed by atoms with Crippen LogP contribution in [-0.4, -0.2) is 30.4 Å². The van der Waals surface area contributed by atoms with E-state index in [0.29, 0.717) is 13.2 Å². The summed E-state index contributed by atoms with van der Waals surface area (Å²) in [6, 6.07) is 0. The average molecular weight is 266 g/mol. The summed E-state index contributed by atoms with van der Waals surface area (Å²) in [5, 5.41) is 11.3. The third-order valence-electron chi connectivity index (χ3n) is 1.69. The smallest absolute Gasteiger partial charge is 0.338 e. The van der Waals surface area contributed by atoms with Crippen LogP contribution in [0.3, 0.4) is 0 Å². The van der Waals surface area contributed by atoms with Crippen molar-refractivity contribution in [3.8, 4) is 0 Å². The first-order valence-corrected chi connectivity index (χ1v) is 7.36. The van der Waals surface area contributed by atoms with Crippen molar-refractivity contribution >= 4 is 13.4 Å². The van der Waals surface area contributed by atoms with Gasteiger partial charge in [0.15, 0.2) is 5.84 Å². The fourth-order valence-electron chi connectivity index (χ4n) is 0.884. The van der Waals surface area contributed by atoms with Crippen molar-refractivity contribution in [1.82, 2.24) is 0 Å². The van der Waals surface area contributed by atoms with Gasteiger partial charge in [-0.2, -0.15) is 0 Å². The molecule has 7 heteroatoms. The molecule has 0 rings (SSSR count). The third kappa shape index (κ3) is 8.18. The second kappa shape index (κ2) is 7.69. The number of amidine groups is 1. The van der Waals surface area contributed by atoms with E-state index < -0.39 is 7.60 Å². The van der Waals surface area contributed by atoms with Gasteiger partial charge in [-0.3, -0.25) is 4.57 Å². The lowest BCUT2D eigenvalue weighted by molar-refractivity contribution is 0.175. The summed E-state index contributed by atoms with van der Waals surface area (Å²) in [6.45, 7) is 8.39. The normalized spacial score (nSPS) is 13.6. The molecular weight excluding hydrogens is 243 g/mol. The third-order valence-corrected chi connectivity index (χ3v) is 3.49. The predicted molar refractivity (Wildman–Crippen MR) is 67.5 cm³/mol. The van der Waals surface area contributed by atoms with Gasteiger partial charge in [-0.25, -0.2) is 0 Å². The summed E-state index contributed by atoms with van der Waals surface area (Å²) < 4.78 is 22.8. The van der Waals surface area contributed by atoms with Crippen LogP contribution in [0.15, 0.2) is 5.16 Å². The zero-order valence-corrected chi connectivity index (χ0v) is 11.8. The minimum absolute atomic E-state index is 0.152. The monoisotopic (exact) mass is 266 g/mol. The Balaban J connectivity index is 4.51. The summed E-state index contributed by atoms with van der Waals surface area (Å²) in [5.41, 5.74) is 5.34. The van der Waals surface area contributed by atoms with Crippen molar-refractivity contribution in [3.05, 3.63) is 0 Å². The van der Waals surface area contributed by atoms with Crippen LogP contribution < -0.4 is 5.73 Å². The standard InChI is InChI=1S/C10H23N2O4P/c1-8(2)5-15-17(14,7-10(11)12-13)16-6-9(3)4/h8-9,13H,5-7H2,1-4H3,(H2,11,12). The molecule has 0 heterocycles. The van der Waals surface area contributed by atoms with E-state index in [1.165, 1.54) is 0 Å². The first kappa shape index (κ1) is 16.4. The van der Waals surface area contributed by atoms with Crippen LogP contribution in [0.1, 0.15) is 27.7 Å². The van der Waals surface area contributed by atoms with Gasteiger partial charge in [-0.05, 0) is 11.8 Å². The zero-order valence-electron chi connectivity index (χ0n) is 10.9. The van der Waals surface area contributed by atoms with Crippen LogP contribution in [0, 0.1) is 11.8 Å². The summed E-state index contributed by atoms with van der Waals surface area (Å²) in [6.07, 6.45) is -0.192. The van der Waals surface area contributed by atoms with Gasteiger partial charge in [0.05, 0.1) is 13.2 Å². The van der Waals surface area contributed by atoms with Gasteiger partial charge >= 0.3 is 7.60 Å². The lowest BCUT2D eigenvalue weighted by atomic mass is 10.2. The molecule has 0 spiro atoms. The molecule has 0 aliphatic heterocycles. The van der Waals surface area contributed by atoms with Crippen molar-refractivity contribution in [1.29, 1.82) is 0 Å². The maximum atomic E-state index is 12.3. The van der Waals surface area contributed by atoms with Gasteiger partial charge < -0.3 is 20.0 Å². The van der Waals surface area contributed by atoms with E-state index in [2.05, 4.69) is 5.16 Å². The molecule has 0 aromatic carbocycles. The zero-order chi connectivity index (χ0) is 13.5. The molecule has 0 unspecified atom stereocenters. The van der Waals surface area contributed by atoms with Crippen LogP contribution in [-0.2, 0) is 13.6 Å². The molecule has 0 saturated heterocycles. The minimum Gasteiger partial charge on any atom is -0.409 e. The maximum absolute atomic E-state index is 12.3. The molecule has 0 aromatic rings. The van der Waals surface area contributed by atoms with E-state index in [-0.39, 0.29) is 23.8 Å². The van der Waals surface area contributed by atoms with Crippen molar-refractivity contribution in [2.45, 2.75) is 27.7 Å². The SMILES string of the molecule is CC(C)COP(=O)(CC(N)=NO)OCC(C)C. The summed E-state index contributed by atoms with van der Waals surface area (Å²) in [4.78, 5) is 0.